The highest BCUT2D eigenvalue weighted by Gasteiger charge is 2.10. The van der Waals surface area contributed by atoms with Gasteiger partial charge in [-0.1, -0.05) is 0 Å². The molecule has 0 amide bonds. The average Bonchev–Trinajstić information content (AvgIpc) is 1.62. The second kappa shape index (κ2) is 2.18. The first kappa shape index (κ1) is 7.50. The highest BCUT2D eigenvalue weighted by Crippen LogP contribution is 2.08. The van der Waals surface area contributed by atoms with Crippen molar-refractivity contribution in [3.63, 3.8) is 0 Å². The number of nitrogens with two attached hydrogens (primary N) is 2. The molecule has 8 heavy (non-hydrogen) atoms. The Morgan fingerprint density at radius 2 is 1.88 bits per heavy atom. The Kier molecular flexibility index (Phi) is 2.04. The molecule has 0 heterocycles. The van der Waals surface area contributed by atoms with Crippen molar-refractivity contribution in [2.24, 2.45) is 11.5 Å². The first-order valence-corrected chi connectivity index (χ1v) is 2.66. The van der Waals surface area contributed by atoms with Crippen LogP contribution in [0.25, 0.3) is 0 Å². The van der Waals surface area contributed by atoms with Gasteiger partial charge in [0.25, 0.3) is 0 Å². The molecular formula is C6H14N2. The third kappa shape index (κ3) is 1.98. The van der Waals surface area contributed by atoms with Gasteiger partial charge in [0.15, 0.2) is 0 Å². The van der Waals surface area contributed by atoms with E-state index in [-0.39, 0.29) is 5.54 Å². The molecule has 0 aliphatic heterocycles. The van der Waals surface area contributed by atoms with E-state index in [4.69, 9.17) is 11.5 Å². The summed E-state index contributed by atoms with van der Waals surface area (Å²) in [5.74, 6) is 0. The van der Waals surface area contributed by atoms with Crippen LogP contribution < -0.4 is 11.5 Å². The van der Waals surface area contributed by atoms with Crippen molar-refractivity contribution in [1.82, 2.24) is 0 Å². The van der Waals surface area contributed by atoms with E-state index in [1.807, 2.05) is 20.8 Å². The molecule has 4 N–H and O–H groups in total. The van der Waals surface area contributed by atoms with Gasteiger partial charge < -0.3 is 11.5 Å². The Morgan fingerprint density at radius 1 is 1.50 bits per heavy atom. The molecule has 0 bridgehead atoms. The van der Waals surface area contributed by atoms with Crippen molar-refractivity contribution in [2.45, 2.75) is 26.3 Å². The van der Waals surface area contributed by atoms with E-state index in [0.29, 0.717) is 0 Å². The van der Waals surface area contributed by atoms with Crippen LogP contribution in [0.4, 0.5) is 0 Å². The van der Waals surface area contributed by atoms with E-state index in [0.717, 1.165) is 5.57 Å². The van der Waals surface area contributed by atoms with Gasteiger partial charge in [0.1, 0.15) is 0 Å². The molecule has 0 fully saturated rings. The summed E-state index contributed by atoms with van der Waals surface area (Å²) in [6.45, 7) is 5.76. The van der Waals surface area contributed by atoms with Gasteiger partial charge in [-0.2, -0.15) is 0 Å². The van der Waals surface area contributed by atoms with Crippen LogP contribution in [0, 0.1) is 0 Å². The van der Waals surface area contributed by atoms with Crippen LogP contribution in [0.3, 0.4) is 0 Å². The maximum Gasteiger partial charge on any atom is 0.0325 e. The molecule has 2 nitrogen and oxygen atoms in total. The van der Waals surface area contributed by atoms with Gasteiger partial charge in [0, 0.05) is 5.54 Å². The fourth-order valence-electron chi connectivity index (χ4n) is 0.215. The maximum absolute atomic E-state index is 5.64. The van der Waals surface area contributed by atoms with Gasteiger partial charge in [0.05, 0.1) is 0 Å². The fourth-order valence-corrected chi connectivity index (χ4v) is 0.215. The Labute approximate surface area is 50.6 Å². The van der Waals surface area contributed by atoms with Crippen LogP contribution >= 0.6 is 0 Å². The summed E-state index contributed by atoms with van der Waals surface area (Å²) in [5, 5.41) is 0. The van der Waals surface area contributed by atoms with Crippen molar-refractivity contribution in [3.05, 3.63) is 11.8 Å². The van der Waals surface area contributed by atoms with Crippen molar-refractivity contribution in [1.29, 1.82) is 0 Å². The average molecular weight is 114 g/mol. The quantitative estimate of drug-likeness (QED) is 0.524. The first-order chi connectivity index (χ1) is 3.48. The fraction of sp³-hybridized carbons (Fsp3) is 0.667. The zero-order chi connectivity index (χ0) is 6.78. The monoisotopic (exact) mass is 114 g/mol. The normalized spacial score (nSPS) is 14.2. The molecule has 2 heteroatoms. The highest BCUT2D eigenvalue weighted by molar-refractivity contribution is 5.11. The molecular weight excluding hydrogens is 100 g/mol. The topological polar surface area (TPSA) is 52.0 Å². The summed E-state index contributed by atoms with van der Waals surface area (Å²) in [7, 11) is 0. The Hall–Kier alpha value is -0.500. The third-order valence-electron chi connectivity index (χ3n) is 1.27. The van der Waals surface area contributed by atoms with E-state index in [2.05, 4.69) is 0 Å². The molecule has 0 unspecified atom stereocenters. The van der Waals surface area contributed by atoms with Gasteiger partial charge >= 0.3 is 0 Å². The Morgan fingerprint density at radius 3 is 1.88 bits per heavy atom. The maximum atomic E-state index is 5.64. The second-order valence-corrected chi connectivity index (χ2v) is 2.57. The molecule has 0 spiro atoms. The van der Waals surface area contributed by atoms with Crippen LogP contribution in [0.5, 0.6) is 0 Å². The molecule has 0 aliphatic rings. The predicted octanol–water partition coefficient (Wildman–Crippen LogP) is 0.586. The van der Waals surface area contributed by atoms with Gasteiger partial charge in [0.2, 0.25) is 0 Å². The molecule has 0 saturated heterocycles. The minimum atomic E-state index is -0.255. The van der Waals surface area contributed by atoms with Crippen LogP contribution in [0.2, 0.25) is 0 Å². The number of hydrogen-bond acceptors (Lipinski definition) is 2. The van der Waals surface area contributed by atoms with Gasteiger partial charge in [-0.15, -0.1) is 0 Å². The van der Waals surface area contributed by atoms with E-state index in [9.17, 15) is 0 Å². The smallest absolute Gasteiger partial charge is 0.0325 e. The zero-order valence-electron chi connectivity index (χ0n) is 5.73. The molecule has 0 saturated carbocycles. The number of rotatable bonds is 1. The SMILES string of the molecule is C/C(=C\N)C(C)(C)N. The largest absolute Gasteiger partial charge is 0.405 e. The van der Waals surface area contributed by atoms with Crippen LogP contribution in [0.1, 0.15) is 20.8 Å². The second-order valence-electron chi connectivity index (χ2n) is 2.57. The molecule has 0 atom stereocenters. The lowest BCUT2D eigenvalue weighted by Crippen LogP contribution is -2.33. The van der Waals surface area contributed by atoms with Crippen LogP contribution in [-0.2, 0) is 0 Å². The summed E-state index contributed by atoms with van der Waals surface area (Å²) in [5.41, 5.74) is 11.6. The molecule has 48 valence electrons. The summed E-state index contributed by atoms with van der Waals surface area (Å²) >= 11 is 0. The van der Waals surface area contributed by atoms with Gasteiger partial charge in [-0.25, -0.2) is 0 Å². The number of hydrogen-bond donors (Lipinski definition) is 2. The lowest BCUT2D eigenvalue weighted by Gasteiger charge is -2.18. The molecule has 0 aromatic rings. The summed E-state index contributed by atoms with van der Waals surface area (Å²) in [6.07, 6.45) is 1.54. The Balaban J connectivity index is 4.03. The highest BCUT2D eigenvalue weighted by atomic mass is 14.7. The molecule has 0 aliphatic carbocycles. The van der Waals surface area contributed by atoms with Crippen LogP contribution in [-0.4, -0.2) is 5.54 Å². The van der Waals surface area contributed by atoms with E-state index < -0.39 is 0 Å². The van der Waals surface area contributed by atoms with E-state index in [1.54, 1.807) is 6.20 Å². The van der Waals surface area contributed by atoms with E-state index in [1.165, 1.54) is 0 Å². The van der Waals surface area contributed by atoms with Crippen molar-refractivity contribution >= 4 is 0 Å². The lowest BCUT2D eigenvalue weighted by molar-refractivity contribution is 0.609. The van der Waals surface area contributed by atoms with Crippen LogP contribution in [0.15, 0.2) is 11.8 Å². The standard InChI is InChI=1S/C6H14N2/c1-5(4-7)6(2,3)8/h4H,7-8H2,1-3H3/b5-4+. The molecule has 0 aromatic carbocycles. The van der Waals surface area contributed by atoms with E-state index >= 15 is 0 Å². The summed E-state index contributed by atoms with van der Waals surface area (Å²) < 4.78 is 0. The van der Waals surface area contributed by atoms with Crippen molar-refractivity contribution in [2.75, 3.05) is 0 Å². The molecule has 0 radical (unpaired) electrons. The summed E-state index contributed by atoms with van der Waals surface area (Å²) in [6, 6.07) is 0. The van der Waals surface area contributed by atoms with Crippen molar-refractivity contribution < 1.29 is 0 Å². The first-order valence-electron chi connectivity index (χ1n) is 2.66. The molecule has 0 rings (SSSR count). The molecule has 0 aromatic heterocycles. The zero-order valence-corrected chi connectivity index (χ0v) is 5.73. The third-order valence-corrected chi connectivity index (χ3v) is 1.27. The predicted molar refractivity (Wildman–Crippen MR) is 36.2 cm³/mol. The summed E-state index contributed by atoms with van der Waals surface area (Å²) in [4.78, 5) is 0. The minimum Gasteiger partial charge on any atom is -0.405 e. The van der Waals surface area contributed by atoms with Crippen molar-refractivity contribution in [3.8, 4) is 0 Å². The van der Waals surface area contributed by atoms with Gasteiger partial charge in [-0.3, -0.25) is 0 Å². The Bertz CT molecular complexity index is 97.6. The van der Waals surface area contributed by atoms with Gasteiger partial charge in [-0.05, 0) is 32.5 Å². The lowest BCUT2D eigenvalue weighted by atomic mass is 9.98. The minimum absolute atomic E-state index is 0.255.